The number of aliphatic hydroxyl groups is 1. The van der Waals surface area contributed by atoms with E-state index in [1.54, 1.807) is 0 Å². The number of aliphatic hydroxyl groups excluding tert-OH is 1. The first-order chi connectivity index (χ1) is 9.19. The zero-order chi connectivity index (χ0) is 13.8. The lowest BCUT2D eigenvalue weighted by Crippen LogP contribution is -2.32. The van der Waals surface area contributed by atoms with Crippen LogP contribution in [0.1, 0.15) is 26.7 Å². The van der Waals surface area contributed by atoms with Crippen LogP contribution in [0.15, 0.2) is 0 Å². The van der Waals surface area contributed by atoms with Gasteiger partial charge in [0.1, 0.15) is 0 Å². The molecule has 1 N–H and O–H groups in total. The third kappa shape index (κ3) is 3.45. The van der Waals surface area contributed by atoms with Crippen molar-refractivity contribution in [2.75, 3.05) is 36.0 Å². The van der Waals surface area contributed by atoms with Gasteiger partial charge in [0.05, 0.1) is 6.61 Å². The zero-order valence-electron chi connectivity index (χ0n) is 11.4. The monoisotopic (exact) mass is 285 g/mol. The Bertz CT molecular complexity index is 423. The molecule has 0 saturated heterocycles. The van der Waals surface area contributed by atoms with Crippen LogP contribution in [-0.2, 0) is 0 Å². The van der Waals surface area contributed by atoms with Crippen molar-refractivity contribution in [1.29, 1.82) is 0 Å². The van der Waals surface area contributed by atoms with Crippen molar-refractivity contribution in [1.82, 2.24) is 15.0 Å². The molecule has 1 fully saturated rings. The number of nitrogens with zero attached hydrogens (tertiary/aromatic N) is 5. The second-order valence-electron chi connectivity index (χ2n) is 4.52. The molecule has 0 radical (unpaired) electrons. The predicted molar refractivity (Wildman–Crippen MR) is 75.9 cm³/mol. The lowest BCUT2D eigenvalue weighted by Gasteiger charge is -2.24. The van der Waals surface area contributed by atoms with Crippen molar-refractivity contribution in [2.45, 2.75) is 32.7 Å². The summed E-state index contributed by atoms with van der Waals surface area (Å²) in [6.45, 7) is 6.35. The van der Waals surface area contributed by atoms with E-state index in [1.807, 2.05) is 23.6 Å². The standard InChI is InChI=1S/C12H20ClN5O/c1-3-17(4-2)11-14-10(13)15-12(16-11)18(7-8-19)9-5-6-9/h9,19H,3-8H2,1-2H3. The van der Waals surface area contributed by atoms with Crippen LogP contribution in [0, 0.1) is 0 Å². The van der Waals surface area contributed by atoms with Crippen LogP contribution in [0.25, 0.3) is 0 Å². The average molecular weight is 286 g/mol. The molecule has 6 nitrogen and oxygen atoms in total. The van der Waals surface area contributed by atoms with Crippen LogP contribution in [0.2, 0.25) is 5.28 Å². The van der Waals surface area contributed by atoms with Gasteiger partial charge in [-0.05, 0) is 38.3 Å². The number of anilines is 2. The number of halogens is 1. The summed E-state index contributed by atoms with van der Waals surface area (Å²) >= 11 is 6.00. The van der Waals surface area contributed by atoms with E-state index in [2.05, 4.69) is 15.0 Å². The van der Waals surface area contributed by atoms with E-state index in [4.69, 9.17) is 16.7 Å². The molecule has 2 rings (SSSR count). The summed E-state index contributed by atoms with van der Waals surface area (Å²) in [6, 6.07) is 0.426. The Labute approximate surface area is 118 Å². The lowest BCUT2D eigenvalue weighted by atomic mass is 10.5. The van der Waals surface area contributed by atoms with E-state index in [-0.39, 0.29) is 11.9 Å². The van der Waals surface area contributed by atoms with Gasteiger partial charge in [-0.25, -0.2) is 0 Å². The highest BCUT2D eigenvalue weighted by atomic mass is 35.5. The second kappa shape index (κ2) is 6.34. The largest absolute Gasteiger partial charge is 0.395 e. The second-order valence-corrected chi connectivity index (χ2v) is 4.86. The average Bonchev–Trinajstić information content (AvgIpc) is 3.21. The van der Waals surface area contributed by atoms with Gasteiger partial charge in [0, 0.05) is 25.7 Å². The van der Waals surface area contributed by atoms with Gasteiger partial charge in [-0.3, -0.25) is 0 Å². The molecular weight excluding hydrogens is 266 g/mol. The molecule has 0 atom stereocenters. The van der Waals surface area contributed by atoms with E-state index < -0.39 is 0 Å². The van der Waals surface area contributed by atoms with Crippen molar-refractivity contribution in [3.8, 4) is 0 Å². The zero-order valence-corrected chi connectivity index (χ0v) is 12.1. The minimum atomic E-state index is 0.0837. The van der Waals surface area contributed by atoms with Gasteiger partial charge in [-0.15, -0.1) is 0 Å². The van der Waals surface area contributed by atoms with Crippen LogP contribution in [0.5, 0.6) is 0 Å². The molecular formula is C12H20ClN5O. The van der Waals surface area contributed by atoms with Crippen molar-refractivity contribution in [3.63, 3.8) is 0 Å². The van der Waals surface area contributed by atoms with E-state index in [0.717, 1.165) is 25.9 Å². The molecule has 1 aliphatic rings. The van der Waals surface area contributed by atoms with Gasteiger partial charge in [0.25, 0.3) is 0 Å². The summed E-state index contributed by atoms with van der Waals surface area (Å²) in [5.41, 5.74) is 0. The first-order valence-corrected chi connectivity index (χ1v) is 7.11. The van der Waals surface area contributed by atoms with Gasteiger partial charge in [0.2, 0.25) is 17.2 Å². The maximum absolute atomic E-state index is 9.16. The Morgan fingerprint density at radius 1 is 1.16 bits per heavy atom. The van der Waals surface area contributed by atoms with Crippen LogP contribution in [0.4, 0.5) is 11.9 Å². The summed E-state index contributed by atoms with van der Waals surface area (Å²) in [4.78, 5) is 16.9. The topological polar surface area (TPSA) is 65.4 Å². The third-order valence-electron chi connectivity index (χ3n) is 3.22. The van der Waals surface area contributed by atoms with Crippen LogP contribution >= 0.6 is 11.6 Å². The fraction of sp³-hybridized carbons (Fsp3) is 0.750. The van der Waals surface area contributed by atoms with E-state index in [9.17, 15) is 0 Å². The van der Waals surface area contributed by atoms with Crippen LogP contribution in [-0.4, -0.2) is 52.3 Å². The number of hydrogen-bond acceptors (Lipinski definition) is 6. The summed E-state index contributed by atoms with van der Waals surface area (Å²) in [5, 5.41) is 9.36. The Morgan fingerprint density at radius 3 is 2.32 bits per heavy atom. The predicted octanol–water partition coefficient (Wildman–Crippen LogP) is 1.33. The Kier molecular flexibility index (Phi) is 4.76. The highest BCUT2D eigenvalue weighted by molar-refractivity contribution is 6.28. The van der Waals surface area contributed by atoms with Crippen molar-refractivity contribution in [2.24, 2.45) is 0 Å². The molecule has 1 aromatic heterocycles. The molecule has 0 spiro atoms. The number of rotatable bonds is 7. The van der Waals surface area contributed by atoms with Gasteiger partial charge in [-0.1, -0.05) is 0 Å². The van der Waals surface area contributed by atoms with E-state index in [0.29, 0.717) is 24.5 Å². The summed E-state index contributed by atoms with van der Waals surface area (Å²) in [7, 11) is 0. The summed E-state index contributed by atoms with van der Waals surface area (Å²) in [6.07, 6.45) is 2.23. The normalized spacial score (nSPS) is 14.5. The summed E-state index contributed by atoms with van der Waals surface area (Å²) < 4.78 is 0. The van der Waals surface area contributed by atoms with Crippen LogP contribution in [0.3, 0.4) is 0 Å². The Hall–Kier alpha value is -1.14. The molecule has 0 bridgehead atoms. The fourth-order valence-corrected chi connectivity index (χ4v) is 2.20. The first kappa shape index (κ1) is 14.3. The molecule has 7 heteroatoms. The minimum absolute atomic E-state index is 0.0837. The molecule has 0 aliphatic heterocycles. The Balaban J connectivity index is 2.28. The SMILES string of the molecule is CCN(CC)c1nc(Cl)nc(N(CCO)C2CC2)n1. The fourth-order valence-electron chi connectivity index (χ4n) is 2.05. The molecule has 1 aliphatic carbocycles. The molecule has 0 unspecified atom stereocenters. The minimum Gasteiger partial charge on any atom is -0.395 e. The Morgan fingerprint density at radius 2 is 1.79 bits per heavy atom. The van der Waals surface area contributed by atoms with Crippen molar-refractivity contribution in [3.05, 3.63) is 5.28 Å². The van der Waals surface area contributed by atoms with Gasteiger partial charge in [0.15, 0.2) is 0 Å². The van der Waals surface area contributed by atoms with Gasteiger partial charge in [-0.2, -0.15) is 15.0 Å². The molecule has 0 amide bonds. The van der Waals surface area contributed by atoms with Crippen LogP contribution < -0.4 is 9.80 Å². The van der Waals surface area contributed by atoms with Crippen molar-refractivity contribution < 1.29 is 5.11 Å². The maximum Gasteiger partial charge on any atom is 0.231 e. The highest BCUT2D eigenvalue weighted by Crippen LogP contribution is 2.30. The van der Waals surface area contributed by atoms with Gasteiger partial charge < -0.3 is 14.9 Å². The molecule has 1 aromatic rings. The molecule has 0 aromatic carbocycles. The highest BCUT2D eigenvalue weighted by Gasteiger charge is 2.31. The van der Waals surface area contributed by atoms with E-state index >= 15 is 0 Å². The number of aromatic nitrogens is 3. The maximum atomic E-state index is 9.16. The smallest absolute Gasteiger partial charge is 0.231 e. The number of hydrogen-bond donors (Lipinski definition) is 1. The first-order valence-electron chi connectivity index (χ1n) is 6.73. The van der Waals surface area contributed by atoms with E-state index in [1.165, 1.54) is 0 Å². The molecule has 19 heavy (non-hydrogen) atoms. The molecule has 106 valence electrons. The quantitative estimate of drug-likeness (QED) is 0.815. The third-order valence-corrected chi connectivity index (χ3v) is 3.39. The van der Waals surface area contributed by atoms with Gasteiger partial charge >= 0.3 is 0 Å². The summed E-state index contributed by atoms with van der Waals surface area (Å²) in [5.74, 6) is 1.17. The molecule has 1 saturated carbocycles. The lowest BCUT2D eigenvalue weighted by molar-refractivity contribution is 0.300. The van der Waals surface area contributed by atoms with Crippen molar-refractivity contribution >= 4 is 23.5 Å². The molecule has 1 heterocycles.